The van der Waals surface area contributed by atoms with Gasteiger partial charge < -0.3 is 0 Å². The van der Waals surface area contributed by atoms with E-state index < -0.39 is 10.8 Å². The highest BCUT2D eigenvalue weighted by Crippen LogP contribution is 2.08. The highest BCUT2D eigenvalue weighted by Gasteiger charge is 1.98. The monoisotopic (exact) mass is 170 g/mol. The fraction of sp³-hybridized carbons (Fsp3) is 0. The smallest absolute Gasteiger partial charge is 0.124 e. The first kappa shape index (κ1) is 8.14. The third-order valence-electron chi connectivity index (χ3n) is 1.18. The standard InChI is InChI=1S/C8H7FOS/c1-2-11(10)8-5-3-4-7(9)6-8/h2-6H,1H2. The van der Waals surface area contributed by atoms with Gasteiger partial charge in [0, 0.05) is 10.3 Å². The first-order chi connectivity index (χ1) is 5.24. The average molecular weight is 170 g/mol. The van der Waals surface area contributed by atoms with Gasteiger partial charge in [0.15, 0.2) is 0 Å². The minimum Gasteiger partial charge on any atom is -0.250 e. The molecule has 1 nitrogen and oxygen atoms in total. The summed E-state index contributed by atoms with van der Waals surface area (Å²) in [6, 6.07) is 5.66. The molecule has 3 heteroatoms. The van der Waals surface area contributed by atoms with Crippen LogP contribution in [0.3, 0.4) is 0 Å². The summed E-state index contributed by atoms with van der Waals surface area (Å²) in [5, 5.41) is 1.27. The largest absolute Gasteiger partial charge is 0.250 e. The van der Waals surface area contributed by atoms with E-state index in [4.69, 9.17) is 0 Å². The van der Waals surface area contributed by atoms with Gasteiger partial charge in [-0.1, -0.05) is 12.6 Å². The van der Waals surface area contributed by atoms with E-state index in [0.717, 1.165) is 0 Å². The maximum atomic E-state index is 12.5. The number of halogens is 1. The first-order valence-electron chi connectivity index (χ1n) is 3.03. The number of rotatable bonds is 2. The van der Waals surface area contributed by atoms with Gasteiger partial charge in [-0.2, -0.15) is 0 Å². The van der Waals surface area contributed by atoms with Crippen molar-refractivity contribution in [1.82, 2.24) is 0 Å². The highest BCUT2D eigenvalue weighted by molar-refractivity contribution is 7.88. The molecule has 0 fully saturated rings. The Labute approximate surface area is 67.0 Å². The topological polar surface area (TPSA) is 17.1 Å². The zero-order valence-electron chi connectivity index (χ0n) is 5.79. The van der Waals surface area contributed by atoms with Gasteiger partial charge in [-0.15, -0.1) is 0 Å². The fourth-order valence-corrected chi connectivity index (χ4v) is 1.32. The Hall–Kier alpha value is -0.960. The maximum Gasteiger partial charge on any atom is 0.124 e. The molecular weight excluding hydrogens is 163 g/mol. The average Bonchev–Trinajstić information content (AvgIpc) is 2.03. The molecular formula is C8H7FOS. The van der Waals surface area contributed by atoms with E-state index in [1.807, 2.05) is 0 Å². The molecule has 1 atom stereocenters. The predicted molar refractivity (Wildman–Crippen MR) is 43.0 cm³/mol. The van der Waals surface area contributed by atoms with Crippen LogP contribution in [0, 0.1) is 5.82 Å². The summed E-state index contributed by atoms with van der Waals surface area (Å²) in [5.41, 5.74) is 0. The molecule has 0 bridgehead atoms. The molecule has 0 saturated carbocycles. The zero-order valence-corrected chi connectivity index (χ0v) is 6.60. The van der Waals surface area contributed by atoms with E-state index in [2.05, 4.69) is 6.58 Å². The second-order valence-corrected chi connectivity index (χ2v) is 3.32. The van der Waals surface area contributed by atoms with Gasteiger partial charge in [-0.05, 0) is 18.2 Å². The Morgan fingerprint density at radius 3 is 2.82 bits per heavy atom. The molecule has 58 valence electrons. The van der Waals surface area contributed by atoms with Crippen LogP contribution in [0.25, 0.3) is 0 Å². The second-order valence-electron chi connectivity index (χ2n) is 1.92. The van der Waals surface area contributed by atoms with Crippen LogP contribution in [0.15, 0.2) is 41.1 Å². The minimum absolute atomic E-state index is 0.377. The summed E-state index contributed by atoms with van der Waals surface area (Å²) in [5.74, 6) is -0.377. The molecule has 0 aliphatic rings. The lowest BCUT2D eigenvalue weighted by molar-refractivity contribution is 0.623. The SMILES string of the molecule is C=CS(=O)c1cccc(F)c1. The Kier molecular flexibility index (Phi) is 2.54. The molecule has 0 spiro atoms. The quantitative estimate of drug-likeness (QED) is 0.664. The third-order valence-corrected chi connectivity index (χ3v) is 2.20. The number of hydrogen-bond donors (Lipinski definition) is 0. The van der Waals surface area contributed by atoms with Crippen LogP contribution >= 0.6 is 0 Å². The lowest BCUT2D eigenvalue weighted by atomic mass is 10.4. The maximum absolute atomic E-state index is 12.5. The lowest BCUT2D eigenvalue weighted by Gasteiger charge is -1.94. The molecule has 0 aliphatic heterocycles. The molecule has 0 aliphatic carbocycles. The molecule has 1 unspecified atom stereocenters. The van der Waals surface area contributed by atoms with Crippen LogP contribution in [0.4, 0.5) is 4.39 Å². The summed E-state index contributed by atoms with van der Waals surface area (Å²) in [7, 11) is -1.28. The van der Waals surface area contributed by atoms with Crippen LogP contribution in [-0.2, 0) is 10.8 Å². The summed E-state index contributed by atoms with van der Waals surface area (Å²) < 4.78 is 23.5. The third kappa shape index (κ3) is 1.98. The van der Waals surface area contributed by atoms with Gasteiger partial charge in [0.1, 0.15) is 5.82 Å². The minimum atomic E-state index is -1.28. The van der Waals surface area contributed by atoms with E-state index in [1.165, 1.54) is 23.6 Å². The fourth-order valence-electron chi connectivity index (χ4n) is 0.688. The molecule has 0 amide bonds. The zero-order chi connectivity index (χ0) is 8.27. The van der Waals surface area contributed by atoms with Crippen molar-refractivity contribution in [3.8, 4) is 0 Å². The van der Waals surface area contributed by atoms with Gasteiger partial charge in [0.25, 0.3) is 0 Å². The van der Waals surface area contributed by atoms with Crippen molar-refractivity contribution in [2.24, 2.45) is 0 Å². The van der Waals surface area contributed by atoms with Crippen LogP contribution in [-0.4, -0.2) is 4.21 Å². The van der Waals surface area contributed by atoms with Crippen molar-refractivity contribution in [2.75, 3.05) is 0 Å². The van der Waals surface area contributed by atoms with Gasteiger partial charge in [0.2, 0.25) is 0 Å². The Morgan fingerprint density at radius 1 is 1.55 bits per heavy atom. The van der Waals surface area contributed by atoms with E-state index >= 15 is 0 Å². The summed E-state index contributed by atoms with van der Waals surface area (Å²) >= 11 is 0. The molecule has 1 aromatic rings. The molecule has 1 aromatic carbocycles. The molecule has 0 heterocycles. The summed E-state index contributed by atoms with van der Waals surface area (Å²) in [4.78, 5) is 0.444. The van der Waals surface area contributed by atoms with E-state index in [-0.39, 0.29) is 5.82 Å². The number of benzene rings is 1. The molecule has 0 saturated heterocycles. The summed E-state index contributed by atoms with van der Waals surface area (Å²) in [6.07, 6.45) is 0. The molecule has 0 radical (unpaired) electrons. The van der Waals surface area contributed by atoms with Crippen molar-refractivity contribution < 1.29 is 8.60 Å². The Morgan fingerprint density at radius 2 is 2.27 bits per heavy atom. The molecule has 11 heavy (non-hydrogen) atoms. The van der Waals surface area contributed by atoms with Crippen molar-refractivity contribution in [1.29, 1.82) is 0 Å². The van der Waals surface area contributed by atoms with Gasteiger partial charge >= 0.3 is 0 Å². The first-order valence-corrected chi connectivity index (χ1v) is 4.24. The highest BCUT2D eigenvalue weighted by atomic mass is 32.2. The van der Waals surface area contributed by atoms with Crippen molar-refractivity contribution in [3.63, 3.8) is 0 Å². The second kappa shape index (κ2) is 3.44. The normalized spacial score (nSPS) is 12.5. The molecule has 0 aromatic heterocycles. The summed E-state index contributed by atoms with van der Waals surface area (Å²) in [6.45, 7) is 3.34. The van der Waals surface area contributed by atoms with Crippen LogP contribution < -0.4 is 0 Å². The van der Waals surface area contributed by atoms with Crippen molar-refractivity contribution >= 4 is 10.8 Å². The van der Waals surface area contributed by atoms with Gasteiger partial charge in [-0.3, -0.25) is 0 Å². The van der Waals surface area contributed by atoms with Crippen molar-refractivity contribution in [2.45, 2.75) is 4.90 Å². The van der Waals surface area contributed by atoms with E-state index in [1.54, 1.807) is 6.07 Å². The molecule has 0 N–H and O–H groups in total. The van der Waals surface area contributed by atoms with Crippen LogP contribution in [0.2, 0.25) is 0 Å². The Bertz CT molecular complexity index is 296. The molecule has 1 rings (SSSR count). The Balaban J connectivity index is 3.05. The van der Waals surface area contributed by atoms with Crippen LogP contribution in [0.5, 0.6) is 0 Å². The van der Waals surface area contributed by atoms with Crippen molar-refractivity contribution in [3.05, 3.63) is 42.1 Å². The predicted octanol–water partition coefficient (Wildman–Crippen LogP) is 2.08. The van der Waals surface area contributed by atoms with Crippen LogP contribution in [0.1, 0.15) is 0 Å². The van der Waals surface area contributed by atoms with E-state index in [9.17, 15) is 8.60 Å². The lowest BCUT2D eigenvalue weighted by Crippen LogP contribution is -1.85. The van der Waals surface area contributed by atoms with Gasteiger partial charge in [0.05, 0.1) is 10.8 Å². The van der Waals surface area contributed by atoms with E-state index in [0.29, 0.717) is 4.90 Å². The van der Waals surface area contributed by atoms with Gasteiger partial charge in [-0.25, -0.2) is 8.60 Å². The number of hydrogen-bond acceptors (Lipinski definition) is 1.